The van der Waals surface area contributed by atoms with E-state index in [9.17, 15) is 4.79 Å². The lowest BCUT2D eigenvalue weighted by atomic mass is 10.1. The van der Waals surface area contributed by atoms with E-state index in [0.29, 0.717) is 12.3 Å². The highest BCUT2D eigenvalue weighted by Gasteiger charge is 2.26. The Balaban J connectivity index is 1.55. The summed E-state index contributed by atoms with van der Waals surface area (Å²) >= 11 is 0. The summed E-state index contributed by atoms with van der Waals surface area (Å²) in [4.78, 5) is 16.5. The molecule has 2 heterocycles. The zero-order valence-electron chi connectivity index (χ0n) is 19.8. The number of methoxy groups -OCH3 is 2. The van der Waals surface area contributed by atoms with E-state index in [1.165, 1.54) is 10.5 Å². The Bertz CT molecular complexity index is 898. The minimum absolute atomic E-state index is 0.209. The standard InChI is InChI=1S/C24H36N4O3/c1-17(2)15-28-19(4)21(18(3)25-28)14-24(29)27-11-9-26(10-12-27)16-20-7-8-22(30-5)23(13-20)31-6/h7-8,13,17H,9-12,14-16H2,1-6H3/p+1. The molecular weight excluding hydrogens is 392 g/mol. The van der Waals surface area contributed by atoms with Crippen LogP contribution in [0.25, 0.3) is 0 Å². The van der Waals surface area contributed by atoms with Crippen LogP contribution in [0.2, 0.25) is 0 Å². The zero-order valence-corrected chi connectivity index (χ0v) is 19.8. The summed E-state index contributed by atoms with van der Waals surface area (Å²) in [5.74, 6) is 2.25. The van der Waals surface area contributed by atoms with Gasteiger partial charge in [0.05, 0.1) is 52.5 Å². The minimum Gasteiger partial charge on any atom is -0.493 e. The molecule has 2 aromatic rings. The number of carbonyl (C=O) groups is 1. The highest BCUT2D eigenvalue weighted by molar-refractivity contribution is 5.79. The Labute approximate surface area is 185 Å². The van der Waals surface area contributed by atoms with Gasteiger partial charge in [-0.3, -0.25) is 9.48 Å². The normalized spacial score (nSPS) is 14.9. The van der Waals surface area contributed by atoms with Gasteiger partial charge in [-0.1, -0.05) is 13.8 Å². The molecule has 7 nitrogen and oxygen atoms in total. The maximum Gasteiger partial charge on any atom is 0.227 e. The Hall–Kier alpha value is -2.54. The molecule has 3 rings (SSSR count). The fourth-order valence-electron chi connectivity index (χ4n) is 4.30. The highest BCUT2D eigenvalue weighted by Crippen LogP contribution is 2.27. The van der Waals surface area contributed by atoms with Crippen molar-refractivity contribution in [1.29, 1.82) is 0 Å². The third-order valence-corrected chi connectivity index (χ3v) is 6.12. The molecule has 0 unspecified atom stereocenters. The summed E-state index contributed by atoms with van der Waals surface area (Å²) in [6.45, 7) is 13.8. The molecule has 0 spiro atoms. The molecule has 0 bridgehead atoms. The van der Waals surface area contributed by atoms with Gasteiger partial charge in [0.1, 0.15) is 6.54 Å². The number of hydrogen-bond donors (Lipinski definition) is 1. The number of piperazine rings is 1. The Kier molecular flexibility index (Phi) is 7.59. The number of aryl methyl sites for hydroxylation is 1. The number of benzene rings is 1. The minimum atomic E-state index is 0.209. The second kappa shape index (κ2) is 10.2. The first-order valence-corrected chi connectivity index (χ1v) is 11.2. The van der Waals surface area contributed by atoms with Crippen LogP contribution in [0.4, 0.5) is 0 Å². The van der Waals surface area contributed by atoms with E-state index < -0.39 is 0 Å². The van der Waals surface area contributed by atoms with Gasteiger partial charge in [-0.15, -0.1) is 0 Å². The van der Waals surface area contributed by atoms with Crippen molar-refractivity contribution >= 4 is 5.91 Å². The van der Waals surface area contributed by atoms with Crippen LogP contribution < -0.4 is 14.4 Å². The lowest BCUT2D eigenvalue weighted by Gasteiger charge is -2.32. The van der Waals surface area contributed by atoms with Gasteiger partial charge >= 0.3 is 0 Å². The predicted molar refractivity (Wildman–Crippen MR) is 121 cm³/mol. The topological polar surface area (TPSA) is 61.0 Å². The Morgan fingerprint density at radius 3 is 2.42 bits per heavy atom. The number of nitrogens with zero attached hydrogens (tertiary/aromatic N) is 3. The molecule has 1 amide bonds. The molecule has 1 N–H and O–H groups in total. The molecule has 1 aliphatic rings. The van der Waals surface area contributed by atoms with E-state index in [4.69, 9.17) is 9.47 Å². The average Bonchev–Trinajstić information content (AvgIpc) is 3.00. The summed E-state index contributed by atoms with van der Waals surface area (Å²) in [6, 6.07) is 6.09. The van der Waals surface area contributed by atoms with E-state index in [1.54, 1.807) is 14.2 Å². The molecule has 0 aliphatic carbocycles. The molecule has 1 aromatic heterocycles. The van der Waals surface area contributed by atoms with E-state index in [1.807, 2.05) is 28.6 Å². The number of ether oxygens (including phenoxy) is 2. The van der Waals surface area contributed by atoms with Gasteiger partial charge in [-0.2, -0.15) is 5.10 Å². The lowest BCUT2D eigenvalue weighted by molar-refractivity contribution is -0.917. The van der Waals surface area contributed by atoms with Gasteiger partial charge in [0, 0.05) is 23.4 Å². The number of quaternary nitrogens is 1. The van der Waals surface area contributed by atoms with Gasteiger partial charge in [-0.25, -0.2) is 0 Å². The van der Waals surface area contributed by atoms with Crippen molar-refractivity contribution in [1.82, 2.24) is 14.7 Å². The molecule has 1 saturated heterocycles. The van der Waals surface area contributed by atoms with E-state index >= 15 is 0 Å². The molecule has 0 atom stereocenters. The van der Waals surface area contributed by atoms with Crippen LogP contribution in [-0.2, 0) is 24.3 Å². The van der Waals surface area contributed by atoms with Gasteiger partial charge in [-0.05, 0) is 38.0 Å². The SMILES string of the molecule is COc1ccc(C[NH+]2CCN(C(=O)Cc3c(C)nn(CC(C)C)c3C)CC2)cc1OC. The number of rotatable bonds is 8. The van der Waals surface area contributed by atoms with Crippen molar-refractivity contribution in [2.45, 2.75) is 47.2 Å². The van der Waals surface area contributed by atoms with Crippen LogP contribution in [0.5, 0.6) is 11.5 Å². The van der Waals surface area contributed by atoms with Gasteiger partial charge in [0.25, 0.3) is 0 Å². The zero-order chi connectivity index (χ0) is 22.5. The largest absolute Gasteiger partial charge is 0.493 e. The maximum atomic E-state index is 13.0. The molecule has 1 aliphatic heterocycles. The molecule has 170 valence electrons. The molecule has 0 saturated carbocycles. The number of hydrogen-bond acceptors (Lipinski definition) is 4. The molecular formula is C24H37N4O3+. The number of carbonyl (C=O) groups excluding carboxylic acids is 1. The van der Waals surface area contributed by atoms with Crippen molar-refractivity contribution in [3.63, 3.8) is 0 Å². The first-order chi connectivity index (χ1) is 14.8. The average molecular weight is 430 g/mol. The van der Waals surface area contributed by atoms with E-state index in [2.05, 4.69) is 31.9 Å². The molecule has 31 heavy (non-hydrogen) atoms. The fourth-order valence-corrected chi connectivity index (χ4v) is 4.30. The highest BCUT2D eigenvalue weighted by atomic mass is 16.5. The quantitative estimate of drug-likeness (QED) is 0.693. The summed E-state index contributed by atoms with van der Waals surface area (Å²) in [7, 11) is 3.31. The van der Waals surface area contributed by atoms with Crippen molar-refractivity contribution in [3.05, 3.63) is 40.7 Å². The summed E-state index contributed by atoms with van der Waals surface area (Å²) < 4.78 is 12.8. The van der Waals surface area contributed by atoms with Crippen LogP contribution in [0.15, 0.2) is 18.2 Å². The van der Waals surface area contributed by atoms with Crippen LogP contribution in [-0.4, -0.2) is 61.0 Å². The maximum absolute atomic E-state index is 13.0. The lowest BCUT2D eigenvalue weighted by Crippen LogP contribution is -3.13. The first kappa shape index (κ1) is 23.1. The van der Waals surface area contributed by atoms with Crippen molar-refractivity contribution < 1.29 is 19.2 Å². The number of amides is 1. The molecule has 1 aromatic carbocycles. The van der Waals surface area contributed by atoms with E-state index in [-0.39, 0.29) is 5.91 Å². The monoisotopic (exact) mass is 429 g/mol. The van der Waals surface area contributed by atoms with Crippen molar-refractivity contribution in [3.8, 4) is 11.5 Å². The number of aromatic nitrogens is 2. The fraction of sp³-hybridized carbons (Fsp3) is 0.583. The first-order valence-electron chi connectivity index (χ1n) is 11.2. The Morgan fingerprint density at radius 2 is 1.81 bits per heavy atom. The molecule has 7 heteroatoms. The predicted octanol–water partition coefficient (Wildman–Crippen LogP) is 1.64. The number of nitrogens with one attached hydrogen (secondary N) is 1. The van der Waals surface area contributed by atoms with Crippen LogP contribution in [0.1, 0.15) is 36.4 Å². The third kappa shape index (κ3) is 5.58. The van der Waals surface area contributed by atoms with Crippen LogP contribution in [0.3, 0.4) is 0 Å². The molecule has 1 fully saturated rings. The van der Waals surface area contributed by atoms with Gasteiger partial charge < -0.3 is 19.3 Å². The summed E-state index contributed by atoms with van der Waals surface area (Å²) in [5, 5.41) is 4.66. The summed E-state index contributed by atoms with van der Waals surface area (Å²) in [6.07, 6.45) is 0.445. The van der Waals surface area contributed by atoms with Crippen LogP contribution >= 0.6 is 0 Å². The van der Waals surface area contributed by atoms with E-state index in [0.717, 1.165) is 67.7 Å². The third-order valence-electron chi connectivity index (χ3n) is 6.12. The smallest absolute Gasteiger partial charge is 0.227 e. The molecule has 0 radical (unpaired) electrons. The van der Waals surface area contributed by atoms with Crippen molar-refractivity contribution in [2.24, 2.45) is 5.92 Å². The van der Waals surface area contributed by atoms with Crippen LogP contribution in [0, 0.1) is 19.8 Å². The van der Waals surface area contributed by atoms with Gasteiger partial charge in [0.2, 0.25) is 5.91 Å². The van der Waals surface area contributed by atoms with Gasteiger partial charge in [0.15, 0.2) is 11.5 Å². The second-order valence-corrected chi connectivity index (χ2v) is 8.90. The van der Waals surface area contributed by atoms with Crippen molar-refractivity contribution in [2.75, 3.05) is 40.4 Å². The second-order valence-electron chi connectivity index (χ2n) is 8.90. The Morgan fingerprint density at radius 1 is 1.13 bits per heavy atom. The summed E-state index contributed by atoms with van der Waals surface area (Å²) in [5.41, 5.74) is 4.41.